The number of hydrogen-bond acceptors (Lipinski definition) is 4. The number of benzene rings is 1. The monoisotopic (exact) mass is 270 g/mol. The van der Waals surface area contributed by atoms with Gasteiger partial charge in [0, 0.05) is 31.5 Å². The molecule has 1 aromatic heterocycles. The lowest BCUT2D eigenvalue weighted by molar-refractivity contribution is -0.114. The van der Waals surface area contributed by atoms with Gasteiger partial charge in [0.2, 0.25) is 5.91 Å². The molecule has 0 fully saturated rings. The smallest absolute Gasteiger partial charge is 0.271 e. The molecule has 6 heteroatoms. The minimum absolute atomic E-state index is 0.117. The quantitative estimate of drug-likeness (QED) is 0.878. The van der Waals surface area contributed by atoms with Crippen LogP contribution < -0.4 is 10.6 Å². The van der Waals surface area contributed by atoms with E-state index in [0.717, 1.165) is 11.3 Å². The number of carbonyl (C=O) groups excluding carboxylic acids is 2. The molecule has 20 heavy (non-hydrogen) atoms. The Hall–Kier alpha value is -2.76. The number of anilines is 1. The third kappa shape index (κ3) is 3.88. The van der Waals surface area contributed by atoms with E-state index in [1.807, 2.05) is 12.1 Å². The van der Waals surface area contributed by atoms with Gasteiger partial charge in [-0.15, -0.1) is 0 Å². The summed E-state index contributed by atoms with van der Waals surface area (Å²) in [5, 5.41) is 5.42. The van der Waals surface area contributed by atoms with Gasteiger partial charge in [0.15, 0.2) is 0 Å². The van der Waals surface area contributed by atoms with Crippen molar-refractivity contribution >= 4 is 17.5 Å². The molecule has 0 atom stereocenters. The molecule has 102 valence electrons. The van der Waals surface area contributed by atoms with E-state index >= 15 is 0 Å². The van der Waals surface area contributed by atoms with Crippen LogP contribution in [-0.4, -0.2) is 21.8 Å². The highest BCUT2D eigenvalue weighted by Gasteiger charge is 2.06. The van der Waals surface area contributed by atoms with Crippen LogP contribution in [0, 0.1) is 0 Å². The molecule has 0 aliphatic rings. The number of amides is 2. The predicted octanol–water partition coefficient (Wildman–Crippen LogP) is 1.36. The van der Waals surface area contributed by atoms with Crippen LogP contribution in [0.25, 0.3) is 0 Å². The summed E-state index contributed by atoms with van der Waals surface area (Å²) < 4.78 is 0. The number of nitrogens with zero attached hydrogens (tertiary/aromatic N) is 2. The van der Waals surface area contributed by atoms with Crippen LogP contribution in [0.4, 0.5) is 5.69 Å². The van der Waals surface area contributed by atoms with Gasteiger partial charge in [0.05, 0.1) is 6.20 Å². The summed E-state index contributed by atoms with van der Waals surface area (Å²) in [4.78, 5) is 30.4. The summed E-state index contributed by atoms with van der Waals surface area (Å²) in [6, 6.07) is 7.24. The Bertz CT molecular complexity index is 596. The third-order valence-electron chi connectivity index (χ3n) is 2.52. The van der Waals surface area contributed by atoms with Crippen molar-refractivity contribution in [2.24, 2.45) is 0 Å². The van der Waals surface area contributed by atoms with Gasteiger partial charge in [-0.05, 0) is 17.7 Å². The van der Waals surface area contributed by atoms with E-state index in [0.29, 0.717) is 6.54 Å². The number of rotatable bonds is 4. The molecule has 0 aliphatic heterocycles. The Morgan fingerprint density at radius 2 is 1.90 bits per heavy atom. The van der Waals surface area contributed by atoms with E-state index in [9.17, 15) is 9.59 Å². The zero-order valence-electron chi connectivity index (χ0n) is 11.0. The maximum absolute atomic E-state index is 11.8. The van der Waals surface area contributed by atoms with E-state index < -0.39 is 0 Å². The molecule has 2 aromatic rings. The number of carbonyl (C=O) groups is 2. The molecule has 0 unspecified atom stereocenters. The molecule has 1 aromatic carbocycles. The fourth-order valence-electron chi connectivity index (χ4n) is 1.60. The number of nitrogens with one attached hydrogen (secondary N) is 2. The van der Waals surface area contributed by atoms with Crippen molar-refractivity contribution in [2.45, 2.75) is 13.5 Å². The van der Waals surface area contributed by atoms with E-state index in [2.05, 4.69) is 20.6 Å². The fourth-order valence-corrected chi connectivity index (χ4v) is 1.60. The van der Waals surface area contributed by atoms with Crippen molar-refractivity contribution in [3.05, 3.63) is 54.1 Å². The van der Waals surface area contributed by atoms with Gasteiger partial charge in [0.1, 0.15) is 5.69 Å². The lowest BCUT2D eigenvalue weighted by Crippen LogP contribution is -2.23. The lowest BCUT2D eigenvalue weighted by atomic mass is 10.2. The zero-order chi connectivity index (χ0) is 14.4. The Morgan fingerprint density at radius 1 is 1.15 bits per heavy atom. The van der Waals surface area contributed by atoms with E-state index in [4.69, 9.17) is 0 Å². The average molecular weight is 270 g/mol. The van der Waals surface area contributed by atoms with Crippen molar-refractivity contribution in [3.63, 3.8) is 0 Å². The van der Waals surface area contributed by atoms with Crippen LogP contribution in [0.5, 0.6) is 0 Å². The Morgan fingerprint density at radius 3 is 2.50 bits per heavy atom. The fraction of sp³-hybridized carbons (Fsp3) is 0.143. The maximum Gasteiger partial charge on any atom is 0.271 e. The molecular formula is C14H14N4O2. The molecule has 2 rings (SSSR count). The van der Waals surface area contributed by atoms with Crippen LogP contribution in [0.2, 0.25) is 0 Å². The SMILES string of the molecule is CC(=O)Nc1ccc(CNC(=O)c2cnccn2)cc1. The second-order valence-electron chi connectivity index (χ2n) is 4.15. The molecule has 6 nitrogen and oxygen atoms in total. The molecule has 0 saturated carbocycles. The first-order valence-electron chi connectivity index (χ1n) is 6.06. The van der Waals surface area contributed by atoms with Crippen LogP contribution in [0.1, 0.15) is 23.0 Å². The Labute approximate surface area is 116 Å². The van der Waals surface area contributed by atoms with Gasteiger partial charge >= 0.3 is 0 Å². The average Bonchev–Trinajstić information content (AvgIpc) is 2.46. The first kappa shape index (κ1) is 13.7. The largest absolute Gasteiger partial charge is 0.347 e. The summed E-state index contributed by atoms with van der Waals surface area (Å²) >= 11 is 0. The van der Waals surface area contributed by atoms with Gasteiger partial charge in [-0.2, -0.15) is 0 Å². The molecule has 0 saturated heterocycles. The van der Waals surface area contributed by atoms with Crippen LogP contribution in [-0.2, 0) is 11.3 Å². The minimum Gasteiger partial charge on any atom is -0.347 e. The van der Waals surface area contributed by atoms with Gasteiger partial charge in [-0.25, -0.2) is 4.98 Å². The normalized spacial score (nSPS) is 9.85. The second-order valence-corrected chi connectivity index (χ2v) is 4.15. The van der Waals surface area contributed by atoms with E-state index in [1.54, 1.807) is 12.1 Å². The lowest BCUT2D eigenvalue weighted by Gasteiger charge is -2.06. The Kier molecular flexibility index (Phi) is 4.39. The topological polar surface area (TPSA) is 84.0 Å². The summed E-state index contributed by atoms with van der Waals surface area (Å²) in [5.74, 6) is -0.391. The van der Waals surface area contributed by atoms with Crippen LogP contribution in [0.15, 0.2) is 42.9 Å². The minimum atomic E-state index is -0.274. The first-order valence-corrected chi connectivity index (χ1v) is 6.06. The zero-order valence-corrected chi connectivity index (χ0v) is 11.0. The molecule has 2 N–H and O–H groups in total. The van der Waals surface area contributed by atoms with Gasteiger partial charge in [-0.1, -0.05) is 12.1 Å². The van der Waals surface area contributed by atoms with Crippen molar-refractivity contribution in [1.29, 1.82) is 0 Å². The van der Waals surface area contributed by atoms with Crippen molar-refractivity contribution in [3.8, 4) is 0 Å². The van der Waals surface area contributed by atoms with Crippen molar-refractivity contribution in [2.75, 3.05) is 5.32 Å². The van der Waals surface area contributed by atoms with Crippen LogP contribution in [0.3, 0.4) is 0 Å². The molecule has 0 bridgehead atoms. The Balaban J connectivity index is 1.91. The van der Waals surface area contributed by atoms with Gasteiger partial charge in [-0.3, -0.25) is 14.6 Å². The summed E-state index contributed by atoms with van der Waals surface area (Å²) in [6.45, 7) is 1.84. The van der Waals surface area contributed by atoms with Crippen molar-refractivity contribution < 1.29 is 9.59 Å². The number of aromatic nitrogens is 2. The molecule has 2 amide bonds. The summed E-state index contributed by atoms with van der Waals surface area (Å²) in [7, 11) is 0. The summed E-state index contributed by atoms with van der Waals surface area (Å²) in [6.07, 6.45) is 4.39. The molecule has 0 aliphatic carbocycles. The van der Waals surface area contributed by atoms with Crippen LogP contribution >= 0.6 is 0 Å². The van der Waals surface area contributed by atoms with E-state index in [-0.39, 0.29) is 17.5 Å². The van der Waals surface area contributed by atoms with Gasteiger partial charge in [0.25, 0.3) is 5.91 Å². The maximum atomic E-state index is 11.8. The van der Waals surface area contributed by atoms with E-state index in [1.165, 1.54) is 25.5 Å². The number of hydrogen-bond donors (Lipinski definition) is 2. The molecule has 0 spiro atoms. The first-order chi connectivity index (χ1) is 9.65. The highest BCUT2D eigenvalue weighted by Crippen LogP contribution is 2.09. The molecule has 1 heterocycles. The second kappa shape index (κ2) is 6.42. The third-order valence-corrected chi connectivity index (χ3v) is 2.52. The molecule has 0 radical (unpaired) electrons. The molecular weight excluding hydrogens is 256 g/mol. The highest BCUT2D eigenvalue weighted by atomic mass is 16.2. The van der Waals surface area contributed by atoms with Crippen molar-refractivity contribution in [1.82, 2.24) is 15.3 Å². The van der Waals surface area contributed by atoms with Gasteiger partial charge < -0.3 is 10.6 Å². The standard InChI is InChI=1S/C14H14N4O2/c1-10(19)18-12-4-2-11(3-5-12)8-17-14(20)13-9-15-6-7-16-13/h2-7,9H,8H2,1H3,(H,17,20)(H,18,19). The predicted molar refractivity (Wildman–Crippen MR) is 73.9 cm³/mol. The highest BCUT2D eigenvalue weighted by molar-refractivity contribution is 5.91. The summed E-state index contributed by atoms with van der Waals surface area (Å²) in [5.41, 5.74) is 1.93.